The van der Waals surface area contributed by atoms with Crippen LogP contribution in [0.4, 0.5) is 5.69 Å². The van der Waals surface area contributed by atoms with E-state index >= 15 is 0 Å². The number of anilines is 1. The van der Waals surface area contributed by atoms with Crippen LogP contribution in [0.1, 0.15) is 41.8 Å². The molecule has 0 saturated heterocycles. The highest BCUT2D eigenvalue weighted by atomic mass is 16.5. The number of hydrogen-bond acceptors (Lipinski definition) is 5. The van der Waals surface area contributed by atoms with Crippen molar-refractivity contribution in [2.75, 3.05) is 24.6 Å². The Labute approximate surface area is 171 Å². The third-order valence-electron chi connectivity index (χ3n) is 4.87. The Hall–Kier alpha value is -3.04. The predicted octanol–water partition coefficient (Wildman–Crippen LogP) is 2.89. The second kappa shape index (κ2) is 9.44. The van der Waals surface area contributed by atoms with E-state index in [9.17, 15) is 9.90 Å². The van der Waals surface area contributed by atoms with Crippen LogP contribution in [0.25, 0.3) is 0 Å². The van der Waals surface area contributed by atoms with Gasteiger partial charge in [0, 0.05) is 30.4 Å². The molecule has 152 valence electrons. The number of aliphatic hydroxyl groups excluding tert-OH is 1. The molecule has 1 atom stereocenters. The first-order valence-electron chi connectivity index (χ1n) is 9.96. The molecule has 0 fully saturated rings. The summed E-state index contributed by atoms with van der Waals surface area (Å²) in [6.07, 6.45) is 1.11. The zero-order chi connectivity index (χ0) is 20.8. The van der Waals surface area contributed by atoms with Gasteiger partial charge in [-0.3, -0.25) is 4.79 Å². The SMILES string of the molecule is CC(C)NC(=O)c1cccc2c1CCCN2C[C@@H](O)COc1ccc(C#N)cc1. The number of nitriles is 1. The third-order valence-corrected chi connectivity index (χ3v) is 4.87. The van der Waals surface area contributed by atoms with Gasteiger partial charge in [0.2, 0.25) is 0 Å². The van der Waals surface area contributed by atoms with Crippen molar-refractivity contribution in [1.29, 1.82) is 5.26 Å². The number of nitrogens with one attached hydrogen (secondary N) is 1. The number of carbonyl (C=O) groups is 1. The quantitative estimate of drug-likeness (QED) is 0.755. The van der Waals surface area contributed by atoms with Crippen molar-refractivity contribution in [3.8, 4) is 11.8 Å². The Kier molecular flexibility index (Phi) is 6.73. The zero-order valence-corrected chi connectivity index (χ0v) is 16.9. The van der Waals surface area contributed by atoms with E-state index in [1.807, 2.05) is 32.0 Å². The fourth-order valence-electron chi connectivity index (χ4n) is 3.57. The molecule has 1 aliphatic heterocycles. The van der Waals surface area contributed by atoms with Crippen LogP contribution in [0.3, 0.4) is 0 Å². The fraction of sp³-hybridized carbons (Fsp3) is 0.391. The van der Waals surface area contributed by atoms with Gasteiger partial charge in [0.05, 0.1) is 11.6 Å². The van der Waals surface area contributed by atoms with Gasteiger partial charge in [0.25, 0.3) is 5.91 Å². The maximum Gasteiger partial charge on any atom is 0.251 e. The van der Waals surface area contributed by atoms with Gasteiger partial charge in [-0.25, -0.2) is 0 Å². The molecule has 1 heterocycles. The first-order valence-corrected chi connectivity index (χ1v) is 9.96. The highest BCUT2D eigenvalue weighted by Crippen LogP contribution is 2.30. The maximum atomic E-state index is 12.5. The minimum absolute atomic E-state index is 0.0524. The van der Waals surface area contributed by atoms with E-state index in [0.717, 1.165) is 30.6 Å². The molecule has 0 saturated carbocycles. The van der Waals surface area contributed by atoms with Gasteiger partial charge >= 0.3 is 0 Å². The first-order chi connectivity index (χ1) is 14.0. The number of hydrogen-bond donors (Lipinski definition) is 2. The van der Waals surface area contributed by atoms with Crippen LogP contribution in [-0.2, 0) is 6.42 Å². The Morgan fingerprint density at radius 1 is 1.28 bits per heavy atom. The number of carbonyl (C=O) groups excluding carboxylic acids is 1. The summed E-state index contributed by atoms with van der Waals surface area (Å²) in [5, 5.41) is 22.3. The van der Waals surface area contributed by atoms with E-state index in [-0.39, 0.29) is 18.6 Å². The summed E-state index contributed by atoms with van der Waals surface area (Å²) in [6, 6.07) is 14.7. The molecular formula is C23H27N3O3. The summed E-state index contributed by atoms with van der Waals surface area (Å²) >= 11 is 0. The van der Waals surface area contributed by atoms with E-state index < -0.39 is 6.10 Å². The van der Waals surface area contributed by atoms with Crippen LogP contribution < -0.4 is 15.0 Å². The van der Waals surface area contributed by atoms with Crippen LogP contribution in [0, 0.1) is 11.3 Å². The Bertz CT molecular complexity index is 887. The van der Waals surface area contributed by atoms with Gasteiger partial charge < -0.3 is 20.1 Å². The molecular weight excluding hydrogens is 366 g/mol. The van der Waals surface area contributed by atoms with Crippen molar-refractivity contribution >= 4 is 11.6 Å². The molecule has 0 spiro atoms. The lowest BCUT2D eigenvalue weighted by molar-refractivity contribution is 0.0942. The van der Waals surface area contributed by atoms with Gasteiger partial charge in [0.15, 0.2) is 0 Å². The Morgan fingerprint density at radius 3 is 2.72 bits per heavy atom. The summed E-state index contributed by atoms with van der Waals surface area (Å²) in [5.74, 6) is 0.568. The van der Waals surface area contributed by atoms with Crippen molar-refractivity contribution in [3.63, 3.8) is 0 Å². The van der Waals surface area contributed by atoms with Crippen molar-refractivity contribution < 1.29 is 14.6 Å². The molecule has 0 bridgehead atoms. The molecule has 3 rings (SSSR count). The fourth-order valence-corrected chi connectivity index (χ4v) is 3.57. The average Bonchev–Trinajstić information content (AvgIpc) is 2.72. The van der Waals surface area contributed by atoms with E-state index in [1.165, 1.54) is 0 Å². The number of fused-ring (bicyclic) bond motifs is 1. The molecule has 1 amide bonds. The van der Waals surface area contributed by atoms with Gasteiger partial charge in [0.1, 0.15) is 18.5 Å². The molecule has 6 nitrogen and oxygen atoms in total. The van der Waals surface area contributed by atoms with Crippen molar-refractivity contribution in [1.82, 2.24) is 5.32 Å². The minimum Gasteiger partial charge on any atom is -0.491 e. The monoisotopic (exact) mass is 393 g/mol. The number of amides is 1. The molecule has 1 aliphatic rings. The van der Waals surface area contributed by atoms with Crippen LogP contribution in [0.2, 0.25) is 0 Å². The molecule has 2 aromatic rings. The highest BCUT2D eigenvalue weighted by Gasteiger charge is 2.24. The predicted molar refractivity (Wildman–Crippen MR) is 112 cm³/mol. The molecule has 2 N–H and O–H groups in total. The molecule has 29 heavy (non-hydrogen) atoms. The highest BCUT2D eigenvalue weighted by molar-refractivity contribution is 5.97. The number of aliphatic hydroxyl groups is 1. The molecule has 0 radical (unpaired) electrons. The van der Waals surface area contributed by atoms with Crippen LogP contribution in [0.15, 0.2) is 42.5 Å². The van der Waals surface area contributed by atoms with Crippen molar-refractivity contribution in [2.45, 2.75) is 38.8 Å². The second-order valence-electron chi connectivity index (χ2n) is 7.58. The number of rotatable bonds is 7. The lowest BCUT2D eigenvalue weighted by atomic mass is 9.95. The van der Waals surface area contributed by atoms with E-state index in [0.29, 0.717) is 23.4 Å². The first kappa shape index (κ1) is 20.7. The standard InChI is InChI=1S/C23H27N3O3/c1-16(2)25-23(28)21-5-3-7-22-20(21)6-4-12-26(22)14-18(27)15-29-19-10-8-17(13-24)9-11-19/h3,5,7-11,16,18,27H,4,6,12,14-15H2,1-2H3,(H,25,28)/t18-/m1/s1. The number of benzene rings is 2. The Morgan fingerprint density at radius 2 is 2.03 bits per heavy atom. The summed E-state index contributed by atoms with van der Waals surface area (Å²) in [5.41, 5.74) is 3.33. The number of ether oxygens (including phenoxy) is 1. The third kappa shape index (κ3) is 5.27. The molecule has 0 aromatic heterocycles. The number of nitrogens with zero attached hydrogens (tertiary/aromatic N) is 2. The van der Waals surface area contributed by atoms with Crippen molar-refractivity contribution in [2.24, 2.45) is 0 Å². The van der Waals surface area contributed by atoms with E-state index in [2.05, 4.69) is 16.3 Å². The lowest BCUT2D eigenvalue weighted by Crippen LogP contribution is -2.39. The molecule has 6 heteroatoms. The average molecular weight is 393 g/mol. The molecule has 0 aliphatic carbocycles. The maximum absolute atomic E-state index is 12.5. The van der Waals surface area contributed by atoms with Crippen LogP contribution >= 0.6 is 0 Å². The zero-order valence-electron chi connectivity index (χ0n) is 16.9. The number of β-amino-alcohol motifs (C(OH)–C–C–N with tert-alkyl or cyclic N) is 1. The topological polar surface area (TPSA) is 85.6 Å². The normalized spacial score (nSPS) is 14.1. The van der Waals surface area contributed by atoms with Crippen molar-refractivity contribution in [3.05, 3.63) is 59.2 Å². The minimum atomic E-state index is -0.676. The van der Waals surface area contributed by atoms with Crippen LogP contribution in [0.5, 0.6) is 5.75 Å². The summed E-state index contributed by atoms with van der Waals surface area (Å²) < 4.78 is 5.65. The van der Waals surface area contributed by atoms with Gasteiger partial charge in [-0.15, -0.1) is 0 Å². The summed E-state index contributed by atoms with van der Waals surface area (Å²) in [6.45, 7) is 5.31. The van der Waals surface area contributed by atoms with Gasteiger partial charge in [-0.1, -0.05) is 6.07 Å². The van der Waals surface area contributed by atoms with Crippen LogP contribution in [-0.4, -0.2) is 42.9 Å². The molecule has 2 aromatic carbocycles. The largest absolute Gasteiger partial charge is 0.491 e. The van der Waals surface area contributed by atoms with E-state index in [1.54, 1.807) is 24.3 Å². The van der Waals surface area contributed by atoms with E-state index in [4.69, 9.17) is 10.00 Å². The van der Waals surface area contributed by atoms with Gasteiger partial charge in [-0.05, 0) is 68.7 Å². The Balaban J connectivity index is 1.65. The van der Waals surface area contributed by atoms with Gasteiger partial charge in [-0.2, -0.15) is 5.26 Å². The summed E-state index contributed by atoms with van der Waals surface area (Å²) in [7, 11) is 0. The smallest absolute Gasteiger partial charge is 0.251 e. The second-order valence-corrected chi connectivity index (χ2v) is 7.58. The molecule has 0 unspecified atom stereocenters. The lowest BCUT2D eigenvalue weighted by Gasteiger charge is -2.33. The summed E-state index contributed by atoms with van der Waals surface area (Å²) in [4.78, 5) is 14.7.